The number of nitrogens with two attached hydrogens (primary N) is 1. The van der Waals surface area contributed by atoms with Gasteiger partial charge < -0.3 is 11.1 Å². The Labute approximate surface area is 113 Å². The van der Waals surface area contributed by atoms with E-state index in [2.05, 4.69) is 10.3 Å². The number of aryl methyl sites for hydroxylation is 1. The molecule has 4 nitrogen and oxygen atoms in total. The summed E-state index contributed by atoms with van der Waals surface area (Å²) in [7, 11) is 0. The maximum Gasteiger partial charge on any atom is 0.244 e. The molecule has 0 unspecified atom stereocenters. The average Bonchev–Trinajstić information content (AvgIpc) is 2.14. The lowest BCUT2D eigenvalue weighted by molar-refractivity contribution is -0.123. The standard InChI is InChI=1S/C11H15N3O.2ClH/c1-8-7-9(3-6-13-8)14-10(15)11(12)4-2-5-11;;/h3,6-7H,2,4-5,12H2,1H3,(H,13,14,15);2*1H. The van der Waals surface area contributed by atoms with Crippen LogP contribution in [0, 0.1) is 6.92 Å². The molecule has 0 bridgehead atoms. The zero-order chi connectivity index (χ0) is 10.9. The van der Waals surface area contributed by atoms with Crippen LogP contribution in [0.1, 0.15) is 25.0 Å². The first-order valence-corrected chi connectivity index (χ1v) is 5.13. The van der Waals surface area contributed by atoms with Crippen LogP contribution >= 0.6 is 24.8 Å². The zero-order valence-electron chi connectivity index (χ0n) is 9.60. The monoisotopic (exact) mass is 277 g/mol. The van der Waals surface area contributed by atoms with Crippen LogP contribution in [-0.2, 0) is 4.79 Å². The molecule has 1 saturated carbocycles. The first kappa shape index (κ1) is 16.2. The number of halogens is 2. The van der Waals surface area contributed by atoms with Crippen LogP contribution in [0.15, 0.2) is 18.3 Å². The third-order valence-corrected chi connectivity index (χ3v) is 2.85. The second-order valence-corrected chi connectivity index (χ2v) is 4.15. The highest BCUT2D eigenvalue weighted by atomic mass is 35.5. The Morgan fingerprint density at radius 3 is 2.59 bits per heavy atom. The van der Waals surface area contributed by atoms with E-state index >= 15 is 0 Å². The summed E-state index contributed by atoms with van der Waals surface area (Å²) in [6.07, 6.45) is 4.28. The van der Waals surface area contributed by atoms with Crippen LogP contribution in [0.4, 0.5) is 5.69 Å². The van der Waals surface area contributed by atoms with E-state index in [0.29, 0.717) is 0 Å². The van der Waals surface area contributed by atoms with Crippen molar-refractivity contribution >= 4 is 36.4 Å². The van der Waals surface area contributed by atoms with E-state index in [4.69, 9.17) is 5.73 Å². The fourth-order valence-corrected chi connectivity index (χ4v) is 1.66. The maximum atomic E-state index is 11.8. The molecule has 0 radical (unpaired) electrons. The molecular formula is C11H17Cl2N3O. The molecule has 1 aliphatic rings. The summed E-state index contributed by atoms with van der Waals surface area (Å²) in [4.78, 5) is 15.8. The van der Waals surface area contributed by atoms with Crippen molar-refractivity contribution in [1.82, 2.24) is 4.98 Å². The molecule has 1 aromatic rings. The summed E-state index contributed by atoms with van der Waals surface area (Å²) in [5.74, 6) is -0.0839. The van der Waals surface area contributed by atoms with Gasteiger partial charge in [0.15, 0.2) is 0 Å². The molecular weight excluding hydrogens is 261 g/mol. The Hall–Kier alpha value is -0.840. The van der Waals surface area contributed by atoms with Gasteiger partial charge in [-0.15, -0.1) is 24.8 Å². The first-order chi connectivity index (χ1) is 7.10. The molecule has 1 heterocycles. The highest BCUT2D eigenvalue weighted by molar-refractivity contribution is 5.98. The van der Waals surface area contributed by atoms with Gasteiger partial charge >= 0.3 is 0 Å². The Bertz CT molecular complexity index is 394. The molecule has 0 aromatic carbocycles. The largest absolute Gasteiger partial charge is 0.324 e. The van der Waals surface area contributed by atoms with Crippen molar-refractivity contribution in [3.63, 3.8) is 0 Å². The van der Waals surface area contributed by atoms with Crippen molar-refractivity contribution in [3.8, 4) is 0 Å². The zero-order valence-corrected chi connectivity index (χ0v) is 11.2. The van der Waals surface area contributed by atoms with Crippen LogP contribution in [0.25, 0.3) is 0 Å². The SMILES string of the molecule is Cc1cc(NC(=O)C2(N)CCC2)ccn1.Cl.Cl. The molecule has 1 amide bonds. The number of rotatable bonds is 2. The predicted octanol–water partition coefficient (Wildman–Crippen LogP) is 2.05. The minimum atomic E-state index is -0.642. The molecule has 17 heavy (non-hydrogen) atoms. The number of nitrogens with one attached hydrogen (secondary N) is 1. The highest BCUT2D eigenvalue weighted by Gasteiger charge is 2.40. The number of nitrogens with zero attached hydrogens (tertiary/aromatic N) is 1. The van der Waals surface area contributed by atoms with Gasteiger partial charge in [0.1, 0.15) is 0 Å². The Morgan fingerprint density at radius 1 is 1.47 bits per heavy atom. The van der Waals surface area contributed by atoms with Gasteiger partial charge in [0.2, 0.25) is 5.91 Å². The van der Waals surface area contributed by atoms with Crippen molar-refractivity contribution in [3.05, 3.63) is 24.0 Å². The van der Waals surface area contributed by atoms with Crippen LogP contribution in [0.5, 0.6) is 0 Å². The number of anilines is 1. The molecule has 1 fully saturated rings. The van der Waals surface area contributed by atoms with E-state index < -0.39 is 5.54 Å². The molecule has 3 N–H and O–H groups in total. The summed E-state index contributed by atoms with van der Waals surface area (Å²) < 4.78 is 0. The van der Waals surface area contributed by atoms with Crippen LogP contribution in [0.2, 0.25) is 0 Å². The average molecular weight is 278 g/mol. The number of carbonyl (C=O) groups is 1. The van der Waals surface area contributed by atoms with E-state index in [1.165, 1.54) is 0 Å². The normalized spacial score (nSPS) is 15.9. The third kappa shape index (κ3) is 3.56. The van der Waals surface area contributed by atoms with Crippen LogP contribution < -0.4 is 11.1 Å². The summed E-state index contributed by atoms with van der Waals surface area (Å²) >= 11 is 0. The van der Waals surface area contributed by atoms with E-state index in [0.717, 1.165) is 30.6 Å². The Balaban J connectivity index is 0.00000128. The predicted molar refractivity (Wildman–Crippen MR) is 72.9 cm³/mol. The number of amides is 1. The molecule has 6 heteroatoms. The van der Waals surface area contributed by atoms with Gasteiger partial charge in [0.05, 0.1) is 5.54 Å². The second kappa shape index (κ2) is 6.19. The third-order valence-electron chi connectivity index (χ3n) is 2.85. The molecule has 0 spiro atoms. The smallest absolute Gasteiger partial charge is 0.244 e. The number of hydrogen-bond donors (Lipinski definition) is 2. The fourth-order valence-electron chi connectivity index (χ4n) is 1.66. The van der Waals surface area contributed by atoms with E-state index in [-0.39, 0.29) is 30.7 Å². The number of aromatic nitrogens is 1. The van der Waals surface area contributed by atoms with Gasteiger partial charge in [-0.1, -0.05) is 0 Å². The topological polar surface area (TPSA) is 68.0 Å². The van der Waals surface area contributed by atoms with E-state index in [1.807, 2.05) is 13.0 Å². The lowest BCUT2D eigenvalue weighted by Crippen LogP contribution is -2.56. The summed E-state index contributed by atoms with van der Waals surface area (Å²) in [6, 6.07) is 3.60. The number of pyridine rings is 1. The molecule has 0 aliphatic heterocycles. The maximum absolute atomic E-state index is 11.8. The summed E-state index contributed by atoms with van der Waals surface area (Å²) in [5, 5.41) is 2.82. The van der Waals surface area contributed by atoms with Gasteiger partial charge in [-0.2, -0.15) is 0 Å². The minimum Gasteiger partial charge on any atom is -0.324 e. The molecule has 2 rings (SSSR count). The molecule has 96 valence electrons. The summed E-state index contributed by atoms with van der Waals surface area (Å²) in [6.45, 7) is 1.89. The highest BCUT2D eigenvalue weighted by Crippen LogP contribution is 2.30. The lowest BCUT2D eigenvalue weighted by Gasteiger charge is -2.36. The second-order valence-electron chi connectivity index (χ2n) is 4.15. The molecule has 0 atom stereocenters. The Morgan fingerprint density at radius 2 is 2.12 bits per heavy atom. The van der Waals surface area contributed by atoms with Crippen LogP contribution in [0.3, 0.4) is 0 Å². The fraction of sp³-hybridized carbons (Fsp3) is 0.455. The quantitative estimate of drug-likeness (QED) is 0.870. The number of carbonyl (C=O) groups excluding carboxylic acids is 1. The van der Waals surface area contributed by atoms with Crippen molar-refractivity contribution in [2.75, 3.05) is 5.32 Å². The lowest BCUT2D eigenvalue weighted by atomic mass is 9.77. The van der Waals surface area contributed by atoms with Crippen molar-refractivity contribution in [2.24, 2.45) is 5.73 Å². The molecule has 1 aromatic heterocycles. The molecule has 1 aliphatic carbocycles. The van der Waals surface area contributed by atoms with Gasteiger partial charge in [-0.3, -0.25) is 9.78 Å². The summed E-state index contributed by atoms with van der Waals surface area (Å²) in [5.41, 5.74) is 6.91. The van der Waals surface area contributed by atoms with E-state index in [1.54, 1.807) is 12.3 Å². The van der Waals surface area contributed by atoms with Crippen LogP contribution in [-0.4, -0.2) is 16.4 Å². The Kier molecular flexibility index (Phi) is 5.88. The molecule has 0 saturated heterocycles. The minimum absolute atomic E-state index is 0. The van der Waals surface area contributed by atoms with Gasteiger partial charge in [-0.25, -0.2) is 0 Å². The van der Waals surface area contributed by atoms with Gasteiger partial charge in [0, 0.05) is 17.6 Å². The van der Waals surface area contributed by atoms with Gasteiger partial charge in [-0.05, 0) is 38.3 Å². The first-order valence-electron chi connectivity index (χ1n) is 5.13. The van der Waals surface area contributed by atoms with Crippen molar-refractivity contribution in [1.29, 1.82) is 0 Å². The van der Waals surface area contributed by atoms with E-state index in [9.17, 15) is 4.79 Å². The number of hydrogen-bond acceptors (Lipinski definition) is 3. The van der Waals surface area contributed by atoms with Crippen molar-refractivity contribution < 1.29 is 4.79 Å². The van der Waals surface area contributed by atoms with Gasteiger partial charge in [0.25, 0.3) is 0 Å². The van der Waals surface area contributed by atoms with Crippen molar-refractivity contribution in [2.45, 2.75) is 31.7 Å².